The van der Waals surface area contributed by atoms with E-state index in [4.69, 9.17) is 10.00 Å². The van der Waals surface area contributed by atoms with Gasteiger partial charge < -0.3 is 4.74 Å². The number of hydrogen-bond donors (Lipinski definition) is 0. The van der Waals surface area contributed by atoms with Crippen molar-refractivity contribution in [2.45, 2.75) is 20.8 Å². The van der Waals surface area contributed by atoms with Crippen molar-refractivity contribution < 1.29 is 19.1 Å². The van der Waals surface area contributed by atoms with Crippen LogP contribution in [0.2, 0.25) is 0 Å². The highest BCUT2D eigenvalue weighted by Gasteiger charge is 2.34. The molecule has 0 saturated heterocycles. The van der Waals surface area contributed by atoms with Gasteiger partial charge in [-0.25, -0.2) is 0 Å². The molecule has 0 unspecified atom stereocenters. The molecule has 0 aromatic rings. The molecule has 1 aliphatic rings. The summed E-state index contributed by atoms with van der Waals surface area (Å²) in [7, 11) is 0. The first-order valence-corrected chi connectivity index (χ1v) is 6.14. The molecule has 1 heterocycles. The summed E-state index contributed by atoms with van der Waals surface area (Å²) < 4.78 is 4.92. The van der Waals surface area contributed by atoms with Gasteiger partial charge >= 0.3 is 5.97 Å². The molecule has 0 spiro atoms. The first kappa shape index (κ1) is 15.6. The number of amides is 2. The number of imide groups is 1. The number of nitriles is 1. The summed E-state index contributed by atoms with van der Waals surface area (Å²) in [6.07, 6.45) is 0. The second-order valence-corrected chi connectivity index (χ2v) is 4.67. The fourth-order valence-corrected chi connectivity index (χ4v) is 1.60. The van der Waals surface area contributed by atoms with Gasteiger partial charge in [-0.2, -0.15) is 5.26 Å². The first-order valence-electron chi connectivity index (χ1n) is 6.14. The highest BCUT2D eigenvalue weighted by molar-refractivity contribution is 6.17. The lowest BCUT2D eigenvalue weighted by Crippen LogP contribution is -2.44. The van der Waals surface area contributed by atoms with E-state index in [1.807, 2.05) is 0 Å². The lowest BCUT2D eigenvalue weighted by atomic mass is 9.97. The van der Waals surface area contributed by atoms with Crippen LogP contribution in [0.3, 0.4) is 0 Å². The molecular weight excluding hydrogens is 260 g/mol. The number of ether oxygens (including phenoxy) is 1. The largest absolute Gasteiger partial charge is 0.464 e. The molecule has 0 aromatic carbocycles. The molecule has 0 aliphatic carbocycles. The lowest BCUT2D eigenvalue weighted by Gasteiger charge is -2.26. The Bertz CT molecular complexity index is 552. The second kappa shape index (κ2) is 6.15. The van der Waals surface area contributed by atoms with Gasteiger partial charge in [-0.15, -0.1) is 0 Å². The average molecular weight is 276 g/mol. The molecule has 0 aromatic heterocycles. The predicted octanol–water partition coefficient (Wildman–Crippen LogP) is 0.951. The van der Waals surface area contributed by atoms with Crippen molar-refractivity contribution in [3.63, 3.8) is 0 Å². The van der Waals surface area contributed by atoms with Crippen LogP contribution in [0.1, 0.15) is 20.8 Å². The van der Waals surface area contributed by atoms with Crippen LogP contribution in [-0.2, 0) is 19.1 Å². The summed E-state index contributed by atoms with van der Waals surface area (Å²) in [6.45, 7) is 8.25. The van der Waals surface area contributed by atoms with Gasteiger partial charge in [-0.05, 0) is 12.5 Å². The lowest BCUT2D eigenvalue weighted by molar-refractivity contribution is -0.151. The average Bonchev–Trinajstić information content (AvgIpc) is 2.40. The van der Waals surface area contributed by atoms with E-state index in [0.29, 0.717) is 0 Å². The smallest absolute Gasteiger partial charge is 0.308 e. The van der Waals surface area contributed by atoms with Crippen molar-refractivity contribution in [3.05, 3.63) is 23.3 Å². The molecule has 1 rings (SSSR count). The van der Waals surface area contributed by atoms with E-state index >= 15 is 0 Å². The van der Waals surface area contributed by atoms with Crippen molar-refractivity contribution in [1.29, 1.82) is 5.26 Å². The fourth-order valence-electron chi connectivity index (χ4n) is 1.60. The van der Waals surface area contributed by atoms with E-state index in [1.165, 1.54) is 6.92 Å². The van der Waals surface area contributed by atoms with Crippen molar-refractivity contribution in [1.82, 2.24) is 4.90 Å². The summed E-state index contributed by atoms with van der Waals surface area (Å²) in [4.78, 5) is 36.1. The predicted molar refractivity (Wildman–Crippen MR) is 70.0 cm³/mol. The number of nitrogens with zero attached hydrogens (tertiary/aromatic N) is 2. The maximum atomic E-state index is 12.0. The molecule has 2 amide bonds. The molecule has 0 bridgehead atoms. The highest BCUT2D eigenvalue weighted by atomic mass is 16.5. The van der Waals surface area contributed by atoms with Gasteiger partial charge in [-0.1, -0.05) is 20.4 Å². The second-order valence-electron chi connectivity index (χ2n) is 4.67. The monoisotopic (exact) mass is 276 g/mol. The number of hydrogen-bond acceptors (Lipinski definition) is 5. The Morgan fingerprint density at radius 2 is 2.00 bits per heavy atom. The van der Waals surface area contributed by atoms with Gasteiger partial charge in [0.2, 0.25) is 0 Å². The Kier molecular flexibility index (Phi) is 4.81. The van der Waals surface area contributed by atoms with Gasteiger partial charge in [0.15, 0.2) is 0 Å². The number of carbonyl (C=O) groups is 3. The first-order chi connectivity index (χ1) is 9.31. The molecule has 6 heteroatoms. The minimum atomic E-state index is -0.678. The van der Waals surface area contributed by atoms with E-state index < -0.39 is 17.8 Å². The Hall–Kier alpha value is -2.42. The van der Waals surface area contributed by atoms with Gasteiger partial charge in [0, 0.05) is 5.57 Å². The Labute approximate surface area is 117 Å². The van der Waals surface area contributed by atoms with Gasteiger partial charge in [-0.3, -0.25) is 19.3 Å². The zero-order valence-electron chi connectivity index (χ0n) is 11.7. The topological polar surface area (TPSA) is 87.5 Å². The quantitative estimate of drug-likeness (QED) is 0.433. The molecule has 0 saturated carbocycles. The van der Waals surface area contributed by atoms with E-state index in [-0.39, 0.29) is 35.8 Å². The molecule has 1 aliphatic heterocycles. The Morgan fingerprint density at radius 3 is 2.50 bits per heavy atom. The molecule has 0 radical (unpaired) electrons. The summed E-state index contributed by atoms with van der Waals surface area (Å²) in [5.74, 6) is -1.93. The molecule has 0 N–H and O–H groups in total. The third-order valence-electron chi connectivity index (χ3n) is 2.93. The molecule has 0 fully saturated rings. The summed E-state index contributed by atoms with van der Waals surface area (Å²) >= 11 is 0. The standard InChI is InChI=1S/C14H16N2O4/c1-8(2)14(19)20-6-5-16-12(17)10(4)9(3)11(7-15)13(16)18/h8H,4-6H2,1-3H3. The van der Waals surface area contributed by atoms with E-state index in [2.05, 4.69) is 6.58 Å². The minimum Gasteiger partial charge on any atom is -0.464 e. The third kappa shape index (κ3) is 2.94. The van der Waals surface area contributed by atoms with Crippen molar-refractivity contribution in [2.24, 2.45) is 5.92 Å². The maximum absolute atomic E-state index is 12.0. The molecular formula is C14H16N2O4. The third-order valence-corrected chi connectivity index (χ3v) is 2.93. The summed E-state index contributed by atoms with van der Waals surface area (Å²) in [5.41, 5.74) is 0.291. The van der Waals surface area contributed by atoms with Crippen LogP contribution >= 0.6 is 0 Å². The summed E-state index contributed by atoms with van der Waals surface area (Å²) in [6, 6.07) is 1.77. The molecule has 20 heavy (non-hydrogen) atoms. The zero-order chi connectivity index (χ0) is 15.4. The van der Waals surface area contributed by atoms with E-state index in [1.54, 1.807) is 19.9 Å². The fraction of sp³-hybridized carbons (Fsp3) is 0.429. The van der Waals surface area contributed by atoms with Crippen LogP contribution in [0.15, 0.2) is 23.3 Å². The Morgan fingerprint density at radius 1 is 1.40 bits per heavy atom. The number of esters is 1. The minimum absolute atomic E-state index is 0.0897. The molecule has 106 valence electrons. The SMILES string of the molecule is C=C1C(=O)N(CCOC(=O)C(C)C)C(=O)C(C#N)=C1C. The normalized spacial score (nSPS) is 15.8. The van der Waals surface area contributed by atoms with Crippen LogP contribution in [0, 0.1) is 17.2 Å². The van der Waals surface area contributed by atoms with Crippen LogP contribution in [0.4, 0.5) is 0 Å². The number of rotatable bonds is 4. The van der Waals surface area contributed by atoms with Crippen LogP contribution < -0.4 is 0 Å². The van der Waals surface area contributed by atoms with Crippen LogP contribution in [0.5, 0.6) is 0 Å². The Balaban J connectivity index is 2.80. The van der Waals surface area contributed by atoms with E-state index in [0.717, 1.165) is 4.90 Å². The van der Waals surface area contributed by atoms with Gasteiger partial charge in [0.1, 0.15) is 18.2 Å². The van der Waals surface area contributed by atoms with Crippen molar-refractivity contribution in [3.8, 4) is 6.07 Å². The molecule has 0 atom stereocenters. The summed E-state index contributed by atoms with van der Waals surface area (Å²) in [5, 5.41) is 8.95. The van der Waals surface area contributed by atoms with Crippen molar-refractivity contribution >= 4 is 17.8 Å². The molecule has 6 nitrogen and oxygen atoms in total. The maximum Gasteiger partial charge on any atom is 0.308 e. The van der Waals surface area contributed by atoms with Crippen molar-refractivity contribution in [2.75, 3.05) is 13.2 Å². The zero-order valence-corrected chi connectivity index (χ0v) is 11.7. The van der Waals surface area contributed by atoms with Gasteiger partial charge in [0.25, 0.3) is 11.8 Å². The number of carbonyl (C=O) groups excluding carboxylic acids is 3. The van der Waals surface area contributed by atoms with Crippen LogP contribution in [-0.4, -0.2) is 35.8 Å². The van der Waals surface area contributed by atoms with E-state index in [9.17, 15) is 14.4 Å². The highest BCUT2D eigenvalue weighted by Crippen LogP contribution is 2.23. The van der Waals surface area contributed by atoms with Crippen LogP contribution in [0.25, 0.3) is 0 Å². The van der Waals surface area contributed by atoms with Gasteiger partial charge in [0.05, 0.1) is 12.5 Å².